The SMILES string of the molecule is CC1(C)CCCC2CCCC(C)(C)C(O)C2C1O.Cc1[c-]c(-c2ccc3c(C)cccc3n2)cc(C)c1.[Ir]. The summed E-state index contributed by atoms with van der Waals surface area (Å²) in [6.07, 6.45) is 6.17. The van der Waals surface area contributed by atoms with Crippen molar-refractivity contribution < 1.29 is 30.3 Å². The molecule has 0 spiro atoms. The standard InChI is InChI=1S/C18H16N.C16H30O2.Ir/c1-12-9-13(2)11-15(10-12)17-8-7-16-14(3)5-4-6-18(16)19-17;1-15(2)9-5-7-11-8-6-10-16(3,4)14(18)12(11)13(15)17;/h4-10H,1-3H3;11-14,17-18H,5-10H2,1-4H3;/q-1;;. The second kappa shape index (κ2) is 12.3. The van der Waals surface area contributed by atoms with Crippen LogP contribution < -0.4 is 0 Å². The zero-order valence-corrected chi connectivity index (χ0v) is 26.7. The van der Waals surface area contributed by atoms with Gasteiger partial charge in [0.1, 0.15) is 0 Å². The number of aryl methyl sites for hydroxylation is 3. The van der Waals surface area contributed by atoms with Gasteiger partial charge < -0.3 is 10.2 Å². The predicted octanol–water partition coefficient (Wildman–Crippen LogP) is 7.99. The molecule has 4 heteroatoms. The summed E-state index contributed by atoms with van der Waals surface area (Å²) in [6.45, 7) is 14.9. The van der Waals surface area contributed by atoms with Crippen LogP contribution in [0.25, 0.3) is 22.2 Å². The van der Waals surface area contributed by atoms with Gasteiger partial charge in [-0.15, -0.1) is 34.9 Å². The number of aromatic nitrogens is 1. The van der Waals surface area contributed by atoms with Crippen molar-refractivity contribution in [2.24, 2.45) is 22.7 Å². The minimum absolute atomic E-state index is 0. The minimum atomic E-state index is -0.364. The van der Waals surface area contributed by atoms with E-state index >= 15 is 0 Å². The summed E-state index contributed by atoms with van der Waals surface area (Å²) in [7, 11) is 0. The Bertz CT molecular complexity index is 1190. The van der Waals surface area contributed by atoms with Crippen molar-refractivity contribution in [3.63, 3.8) is 0 Å². The van der Waals surface area contributed by atoms with Crippen molar-refractivity contribution >= 4 is 10.9 Å². The van der Waals surface area contributed by atoms with E-state index in [9.17, 15) is 10.2 Å². The number of fused-ring (bicyclic) bond motifs is 2. The van der Waals surface area contributed by atoms with Gasteiger partial charge in [0.25, 0.3) is 0 Å². The number of rotatable bonds is 1. The third-order valence-corrected chi connectivity index (χ3v) is 9.04. The molecule has 0 amide bonds. The molecule has 209 valence electrons. The first-order valence-corrected chi connectivity index (χ1v) is 14.1. The average Bonchev–Trinajstić information content (AvgIpc) is 3.01. The Hall–Kier alpha value is -1.58. The van der Waals surface area contributed by atoms with Crippen LogP contribution in [0.3, 0.4) is 0 Å². The van der Waals surface area contributed by atoms with Gasteiger partial charge in [-0.1, -0.05) is 78.6 Å². The van der Waals surface area contributed by atoms with E-state index in [1.54, 1.807) is 0 Å². The molecule has 3 aromatic rings. The van der Waals surface area contributed by atoms with Crippen LogP contribution in [0.4, 0.5) is 0 Å². The molecular formula is C34H46IrNO2-. The molecule has 2 N–H and O–H groups in total. The van der Waals surface area contributed by atoms with Gasteiger partial charge in [-0.25, -0.2) is 0 Å². The Morgan fingerprint density at radius 1 is 0.842 bits per heavy atom. The summed E-state index contributed by atoms with van der Waals surface area (Å²) in [4.78, 5) is 4.76. The molecule has 2 unspecified atom stereocenters. The van der Waals surface area contributed by atoms with Crippen LogP contribution in [-0.2, 0) is 20.1 Å². The molecule has 1 aromatic heterocycles. The molecule has 3 nitrogen and oxygen atoms in total. The normalized spacial score (nSPS) is 26.1. The number of benzene rings is 2. The van der Waals surface area contributed by atoms with E-state index < -0.39 is 0 Å². The number of pyridine rings is 1. The van der Waals surface area contributed by atoms with Crippen LogP contribution in [0.1, 0.15) is 82.9 Å². The van der Waals surface area contributed by atoms with E-state index in [1.807, 2.05) is 0 Å². The van der Waals surface area contributed by atoms with Crippen molar-refractivity contribution in [1.82, 2.24) is 4.98 Å². The molecule has 1 heterocycles. The molecule has 2 aliphatic carbocycles. The van der Waals surface area contributed by atoms with Gasteiger partial charge in [0.05, 0.1) is 17.7 Å². The van der Waals surface area contributed by atoms with Gasteiger partial charge in [0.2, 0.25) is 0 Å². The minimum Gasteiger partial charge on any atom is -0.392 e. The van der Waals surface area contributed by atoms with Crippen molar-refractivity contribution in [2.75, 3.05) is 0 Å². The summed E-state index contributed by atoms with van der Waals surface area (Å²) in [5.74, 6) is 0.582. The zero-order chi connectivity index (χ0) is 27.0. The quantitative estimate of drug-likeness (QED) is 0.255. The monoisotopic (exact) mass is 693 g/mol. The van der Waals surface area contributed by atoms with Crippen molar-refractivity contribution in [1.29, 1.82) is 0 Å². The first kappa shape index (κ1) is 31.0. The van der Waals surface area contributed by atoms with Gasteiger partial charge in [-0.05, 0) is 66.7 Å². The second-order valence-electron chi connectivity index (χ2n) is 13.1. The number of aliphatic hydroxyl groups is 2. The van der Waals surface area contributed by atoms with Gasteiger partial charge in [0.15, 0.2) is 0 Å². The molecular weight excluding hydrogens is 647 g/mol. The summed E-state index contributed by atoms with van der Waals surface area (Å²) in [5.41, 5.74) is 6.66. The van der Waals surface area contributed by atoms with E-state index in [2.05, 4.69) is 97.0 Å². The molecule has 38 heavy (non-hydrogen) atoms. The van der Waals surface area contributed by atoms with Crippen LogP contribution in [0.15, 0.2) is 42.5 Å². The van der Waals surface area contributed by atoms with Crippen LogP contribution in [0, 0.1) is 49.5 Å². The van der Waals surface area contributed by atoms with Crippen LogP contribution in [0.2, 0.25) is 0 Å². The maximum atomic E-state index is 10.8. The summed E-state index contributed by atoms with van der Waals surface area (Å²) in [6, 6.07) is 18.1. The molecule has 2 fully saturated rings. The van der Waals surface area contributed by atoms with Gasteiger partial charge in [-0.2, -0.15) is 0 Å². The average molecular weight is 693 g/mol. The molecule has 1 radical (unpaired) electrons. The van der Waals surface area contributed by atoms with E-state index in [0.717, 1.165) is 35.2 Å². The van der Waals surface area contributed by atoms with Gasteiger partial charge >= 0.3 is 0 Å². The van der Waals surface area contributed by atoms with E-state index in [1.165, 1.54) is 42.2 Å². The molecule has 5 rings (SSSR count). The van der Waals surface area contributed by atoms with Crippen molar-refractivity contribution in [3.05, 3.63) is 65.2 Å². The molecule has 0 aliphatic heterocycles. The smallest absolute Gasteiger partial charge is 0.0646 e. The molecule has 2 aromatic carbocycles. The molecule has 0 saturated heterocycles. The molecule has 0 bridgehead atoms. The fourth-order valence-electron chi connectivity index (χ4n) is 6.69. The summed E-state index contributed by atoms with van der Waals surface area (Å²) < 4.78 is 0. The Balaban J connectivity index is 0.000000206. The predicted molar refractivity (Wildman–Crippen MR) is 154 cm³/mol. The second-order valence-corrected chi connectivity index (χ2v) is 13.1. The zero-order valence-electron chi connectivity index (χ0n) is 24.3. The molecule has 2 atom stereocenters. The van der Waals surface area contributed by atoms with Crippen molar-refractivity contribution in [2.45, 2.75) is 99.2 Å². The maximum Gasteiger partial charge on any atom is 0.0646 e. The van der Waals surface area contributed by atoms with E-state index in [-0.39, 0.29) is 49.1 Å². The molecule has 2 aliphatic rings. The molecule has 2 saturated carbocycles. The number of nitrogens with zero attached hydrogens (tertiary/aromatic N) is 1. The topological polar surface area (TPSA) is 53.4 Å². The van der Waals surface area contributed by atoms with Crippen LogP contribution in [-0.4, -0.2) is 27.4 Å². The first-order chi connectivity index (χ1) is 17.4. The first-order valence-electron chi connectivity index (χ1n) is 14.1. The van der Waals surface area contributed by atoms with Crippen molar-refractivity contribution in [3.8, 4) is 11.3 Å². The Morgan fingerprint density at radius 2 is 1.45 bits per heavy atom. The Labute approximate surface area is 243 Å². The van der Waals surface area contributed by atoms with Crippen LogP contribution >= 0.6 is 0 Å². The fraction of sp³-hybridized carbons (Fsp3) is 0.559. The summed E-state index contributed by atoms with van der Waals surface area (Å²) >= 11 is 0. The Kier molecular flexibility index (Phi) is 10.0. The fourth-order valence-corrected chi connectivity index (χ4v) is 6.69. The van der Waals surface area contributed by atoms with E-state index in [4.69, 9.17) is 4.98 Å². The maximum absolute atomic E-state index is 10.8. The number of hydrogen-bond donors (Lipinski definition) is 2. The van der Waals surface area contributed by atoms with Crippen LogP contribution in [0.5, 0.6) is 0 Å². The van der Waals surface area contributed by atoms with Gasteiger partial charge in [0, 0.05) is 31.4 Å². The third kappa shape index (κ3) is 6.76. The number of aliphatic hydroxyl groups excluding tert-OH is 2. The third-order valence-electron chi connectivity index (χ3n) is 9.04. The Morgan fingerprint density at radius 3 is 2.03 bits per heavy atom. The summed E-state index contributed by atoms with van der Waals surface area (Å²) in [5, 5.41) is 22.8. The van der Waals surface area contributed by atoms with E-state index in [0.29, 0.717) is 5.92 Å². The largest absolute Gasteiger partial charge is 0.392 e. The van der Waals surface area contributed by atoms with Gasteiger partial charge in [-0.3, -0.25) is 4.98 Å². The number of hydrogen-bond acceptors (Lipinski definition) is 3.